The predicted octanol–water partition coefficient (Wildman–Crippen LogP) is 8.99. The highest BCUT2D eigenvalue weighted by atomic mass is 19.4. The van der Waals surface area contributed by atoms with E-state index in [-0.39, 0.29) is 31.6 Å². The van der Waals surface area contributed by atoms with Crippen molar-refractivity contribution >= 4 is 5.91 Å². The third-order valence-electron chi connectivity index (χ3n) is 7.67. The summed E-state index contributed by atoms with van der Waals surface area (Å²) >= 11 is 0. The standard InChI is InChI=1S/C37H30F3N3O3.CH4/c1-23-12-13-29(24(2)18-23)22-43-34(20-33(37(38,39)40)32(21-41)36(43)45)27-14-16-30(17-15-27)46-31-11-7-10-28(19-31)35(44)42-25(3)26-8-5-4-6-9-26;/h4-20,25H,22H2,1-3H3,(H,42,44);1H4/t25-;/m0./s1. The van der Waals surface area contributed by atoms with E-state index < -0.39 is 22.9 Å². The second kappa shape index (κ2) is 14.2. The quantitative estimate of drug-likeness (QED) is 0.184. The summed E-state index contributed by atoms with van der Waals surface area (Å²) in [5, 5.41) is 12.5. The van der Waals surface area contributed by atoms with Crippen LogP contribution in [0.5, 0.6) is 11.5 Å². The Kier molecular flexibility index (Phi) is 10.4. The molecular weight excluding hydrogens is 603 g/mol. The lowest BCUT2D eigenvalue weighted by Gasteiger charge is -2.19. The molecule has 5 aromatic rings. The molecular formula is C38H34F3N3O3. The average molecular weight is 638 g/mol. The Hall–Kier alpha value is -5.62. The maximum absolute atomic E-state index is 14.0. The van der Waals surface area contributed by atoms with Crippen LogP contribution < -0.4 is 15.6 Å². The van der Waals surface area contributed by atoms with Crippen molar-refractivity contribution in [3.05, 3.63) is 152 Å². The minimum absolute atomic E-state index is 0. The number of rotatable bonds is 8. The number of nitriles is 1. The second-order valence-electron chi connectivity index (χ2n) is 11.0. The first-order valence-electron chi connectivity index (χ1n) is 14.5. The van der Waals surface area contributed by atoms with Gasteiger partial charge < -0.3 is 14.6 Å². The first-order valence-corrected chi connectivity index (χ1v) is 14.5. The fourth-order valence-electron chi connectivity index (χ4n) is 5.20. The van der Waals surface area contributed by atoms with Crippen LogP contribution in [-0.2, 0) is 12.7 Å². The fourth-order valence-corrected chi connectivity index (χ4v) is 5.20. The summed E-state index contributed by atoms with van der Waals surface area (Å²) in [7, 11) is 0. The highest BCUT2D eigenvalue weighted by molar-refractivity contribution is 5.94. The molecule has 0 fully saturated rings. The number of alkyl halides is 3. The molecule has 0 saturated carbocycles. The van der Waals surface area contributed by atoms with Crippen LogP contribution in [0.1, 0.15) is 64.1 Å². The number of hydrogen-bond acceptors (Lipinski definition) is 4. The molecule has 0 aliphatic rings. The van der Waals surface area contributed by atoms with Gasteiger partial charge in [0, 0.05) is 5.56 Å². The van der Waals surface area contributed by atoms with Crippen molar-refractivity contribution < 1.29 is 22.7 Å². The lowest BCUT2D eigenvalue weighted by Crippen LogP contribution is -2.29. The van der Waals surface area contributed by atoms with Crippen LogP contribution in [0.2, 0.25) is 0 Å². The first-order chi connectivity index (χ1) is 21.9. The van der Waals surface area contributed by atoms with Gasteiger partial charge in [-0.2, -0.15) is 18.4 Å². The minimum Gasteiger partial charge on any atom is -0.457 e. The molecule has 0 radical (unpaired) electrons. The van der Waals surface area contributed by atoms with E-state index in [1.54, 1.807) is 48.5 Å². The molecule has 1 N–H and O–H groups in total. The smallest absolute Gasteiger partial charge is 0.417 e. The number of halogens is 3. The van der Waals surface area contributed by atoms with Crippen LogP contribution in [-0.4, -0.2) is 10.5 Å². The number of carbonyl (C=O) groups is 1. The zero-order chi connectivity index (χ0) is 33.0. The Morgan fingerprint density at radius 1 is 0.915 bits per heavy atom. The van der Waals surface area contributed by atoms with Gasteiger partial charge in [0.1, 0.15) is 23.1 Å². The van der Waals surface area contributed by atoms with Crippen molar-refractivity contribution in [3.63, 3.8) is 0 Å². The van der Waals surface area contributed by atoms with Crippen molar-refractivity contribution in [2.75, 3.05) is 0 Å². The fraction of sp³-hybridized carbons (Fsp3) is 0.184. The molecule has 9 heteroatoms. The molecule has 1 amide bonds. The molecule has 1 atom stereocenters. The van der Waals surface area contributed by atoms with Crippen molar-refractivity contribution in [3.8, 4) is 28.8 Å². The van der Waals surface area contributed by atoms with Gasteiger partial charge in [0.25, 0.3) is 11.5 Å². The van der Waals surface area contributed by atoms with Crippen LogP contribution in [0, 0.1) is 25.2 Å². The number of benzene rings is 4. The SMILES string of the molecule is C.Cc1ccc(Cn2c(-c3ccc(Oc4cccc(C(=O)N[C@@H](C)c5ccccc5)c4)cc3)cc(C(F)(F)F)c(C#N)c2=O)c(C)c1. The summed E-state index contributed by atoms with van der Waals surface area (Å²) in [6.07, 6.45) is -4.91. The highest BCUT2D eigenvalue weighted by Gasteiger charge is 2.36. The molecule has 0 bridgehead atoms. The number of pyridine rings is 1. The molecule has 6 nitrogen and oxygen atoms in total. The van der Waals surface area contributed by atoms with Gasteiger partial charge in [-0.3, -0.25) is 9.59 Å². The second-order valence-corrected chi connectivity index (χ2v) is 11.0. The van der Waals surface area contributed by atoms with Gasteiger partial charge in [0.15, 0.2) is 0 Å². The van der Waals surface area contributed by atoms with E-state index >= 15 is 0 Å². The van der Waals surface area contributed by atoms with Crippen LogP contribution in [0.3, 0.4) is 0 Å². The van der Waals surface area contributed by atoms with Crippen molar-refractivity contribution in [2.24, 2.45) is 0 Å². The number of carbonyl (C=O) groups excluding carboxylic acids is 1. The summed E-state index contributed by atoms with van der Waals surface area (Å²) in [5.41, 5.74) is 1.03. The molecule has 0 aliphatic heterocycles. The first kappa shape index (κ1) is 34.3. The van der Waals surface area contributed by atoms with Gasteiger partial charge in [-0.15, -0.1) is 0 Å². The Morgan fingerprint density at radius 3 is 2.26 bits per heavy atom. The third-order valence-corrected chi connectivity index (χ3v) is 7.67. The van der Waals surface area contributed by atoms with Crippen molar-refractivity contribution in [1.29, 1.82) is 5.26 Å². The summed E-state index contributed by atoms with van der Waals surface area (Å²) < 4.78 is 49.1. The molecule has 5 rings (SSSR count). The highest BCUT2D eigenvalue weighted by Crippen LogP contribution is 2.35. The molecule has 0 spiro atoms. The lowest BCUT2D eigenvalue weighted by molar-refractivity contribution is -0.137. The Morgan fingerprint density at radius 2 is 1.62 bits per heavy atom. The number of aryl methyl sites for hydroxylation is 2. The summed E-state index contributed by atoms with van der Waals surface area (Å²) in [4.78, 5) is 26.3. The number of nitrogens with one attached hydrogen (secondary N) is 1. The van der Waals surface area contributed by atoms with E-state index in [4.69, 9.17) is 4.74 Å². The number of aromatic nitrogens is 1. The van der Waals surface area contributed by atoms with E-state index in [1.165, 1.54) is 10.6 Å². The van der Waals surface area contributed by atoms with Gasteiger partial charge in [-0.25, -0.2) is 0 Å². The van der Waals surface area contributed by atoms with Gasteiger partial charge in [0.05, 0.1) is 23.8 Å². The predicted molar refractivity (Wildman–Crippen MR) is 176 cm³/mol. The summed E-state index contributed by atoms with van der Waals surface area (Å²) in [5.74, 6) is 0.476. The van der Waals surface area contributed by atoms with E-state index in [1.807, 2.05) is 69.3 Å². The van der Waals surface area contributed by atoms with Crippen molar-refractivity contribution in [2.45, 2.75) is 47.0 Å². The van der Waals surface area contributed by atoms with E-state index in [2.05, 4.69) is 5.32 Å². The van der Waals surface area contributed by atoms with E-state index in [0.717, 1.165) is 28.3 Å². The van der Waals surface area contributed by atoms with Crippen LogP contribution >= 0.6 is 0 Å². The number of ether oxygens (including phenoxy) is 1. The Balaban J connectivity index is 0.00000500. The molecule has 0 aliphatic carbocycles. The maximum atomic E-state index is 14.0. The molecule has 47 heavy (non-hydrogen) atoms. The van der Waals surface area contributed by atoms with E-state index in [0.29, 0.717) is 22.6 Å². The lowest BCUT2D eigenvalue weighted by atomic mass is 10.0. The minimum atomic E-state index is -4.91. The Bertz CT molecular complexity index is 1990. The molecule has 0 saturated heterocycles. The number of amides is 1. The molecule has 4 aromatic carbocycles. The normalized spacial score (nSPS) is 11.6. The molecule has 1 aromatic heterocycles. The van der Waals surface area contributed by atoms with Gasteiger partial charge in [-0.05, 0) is 91.6 Å². The average Bonchev–Trinajstić information content (AvgIpc) is 3.03. The Labute approximate surface area is 271 Å². The third kappa shape index (κ3) is 7.79. The zero-order valence-electron chi connectivity index (χ0n) is 25.4. The molecule has 0 unspecified atom stereocenters. The number of hydrogen-bond donors (Lipinski definition) is 1. The van der Waals surface area contributed by atoms with Crippen molar-refractivity contribution in [1.82, 2.24) is 9.88 Å². The summed E-state index contributed by atoms with van der Waals surface area (Å²) in [6.45, 7) is 5.64. The van der Waals surface area contributed by atoms with Crippen LogP contribution in [0.25, 0.3) is 11.3 Å². The monoisotopic (exact) mass is 637 g/mol. The largest absolute Gasteiger partial charge is 0.457 e. The number of nitrogens with zero attached hydrogens (tertiary/aromatic N) is 2. The van der Waals surface area contributed by atoms with Gasteiger partial charge in [0.2, 0.25) is 0 Å². The van der Waals surface area contributed by atoms with Gasteiger partial charge in [-0.1, -0.05) is 67.6 Å². The maximum Gasteiger partial charge on any atom is 0.417 e. The van der Waals surface area contributed by atoms with Crippen LogP contribution in [0.15, 0.2) is 108 Å². The van der Waals surface area contributed by atoms with E-state index in [9.17, 15) is 28.0 Å². The topological polar surface area (TPSA) is 84.1 Å². The van der Waals surface area contributed by atoms with Crippen LogP contribution in [0.4, 0.5) is 13.2 Å². The summed E-state index contributed by atoms with van der Waals surface area (Å²) in [6, 6.07) is 30.1. The molecule has 240 valence electrons. The van der Waals surface area contributed by atoms with Gasteiger partial charge >= 0.3 is 6.18 Å². The zero-order valence-corrected chi connectivity index (χ0v) is 25.4. The molecule has 1 heterocycles.